The van der Waals surface area contributed by atoms with Crippen LogP contribution in [0.4, 0.5) is 0 Å². The third kappa shape index (κ3) is 1.83. The first kappa shape index (κ1) is 9.71. The minimum Gasteiger partial charge on any atom is -0.481 e. The molecule has 0 unspecified atom stereocenters. The zero-order chi connectivity index (χ0) is 11.0. The van der Waals surface area contributed by atoms with Gasteiger partial charge in [-0.15, -0.1) is 0 Å². The summed E-state index contributed by atoms with van der Waals surface area (Å²) in [6, 6.07) is 1.96. The molecule has 2 rings (SSSR count). The molecule has 4 heteroatoms. The van der Waals surface area contributed by atoms with E-state index in [-0.39, 0.29) is 6.42 Å². The lowest BCUT2D eigenvalue weighted by Gasteiger charge is -1.99. The number of pyridine rings is 1. The molecule has 0 atom stereocenters. The Balaban J connectivity index is 2.51. The molecule has 0 aliphatic heterocycles. The first-order chi connectivity index (χ1) is 7.06. The van der Waals surface area contributed by atoms with E-state index in [1.807, 2.05) is 30.5 Å². The van der Waals surface area contributed by atoms with Gasteiger partial charge in [0.05, 0.1) is 12.1 Å². The van der Waals surface area contributed by atoms with Crippen LogP contribution in [0.15, 0.2) is 18.5 Å². The van der Waals surface area contributed by atoms with Gasteiger partial charge in [0, 0.05) is 12.4 Å². The molecule has 4 nitrogen and oxygen atoms in total. The van der Waals surface area contributed by atoms with E-state index in [2.05, 4.69) is 4.98 Å². The third-order valence-electron chi connectivity index (χ3n) is 2.44. The van der Waals surface area contributed by atoms with E-state index in [9.17, 15) is 4.79 Å². The molecule has 0 aliphatic rings. The monoisotopic (exact) mass is 204 g/mol. The van der Waals surface area contributed by atoms with Crippen molar-refractivity contribution in [3.8, 4) is 0 Å². The lowest BCUT2D eigenvalue weighted by molar-refractivity contribution is -0.136. The van der Waals surface area contributed by atoms with Crippen molar-refractivity contribution >= 4 is 11.6 Å². The highest BCUT2D eigenvalue weighted by Crippen LogP contribution is 2.12. The summed E-state index contributed by atoms with van der Waals surface area (Å²) < 4.78 is 1.86. The molecule has 0 amide bonds. The highest BCUT2D eigenvalue weighted by Gasteiger charge is 2.06. The summed E-state index contributed by atoms with van der Waals surface area (Å²) in [7, 11) is 0. The average molecular weight is 204 g/mol. The SMILES string of the molecule is Cc1cc2nc(CC(=O)O)cn2cc1C. The van der Waals surface area contributed by atoms with Crippen LogP contribution in [0.5, 0.6) is 0 Å². The molecule has 2 heterocycles. The quantitative estimate of drug-likeness (QED) is 0.808. The van der Waals surface area contributed by atoms with Crippen LogP contribution >= 0.6 is 0 Å². The summed E-state index contributed by atoms with van der Waals surface area (Å²) in [6.45, 7) is 4.03. The normalized spacial score (nSPS) is 10.8. The van der Waals surface area contributed by atoms with Crippen LogP contribution < -0.4 is 0 Å². The van der Waals surface area contributed by atoms with Crippen molar-refractivity contribution in [2.75, 3.05) is 0 Å². The third-order valence-corrected chi connectivity index (χ3v) is 2.44. The number of aryl methyl sites for hydroxylation is 2. The van der Waals surface area contributed by atoms with E-state index in [0.717, 1.165) is 11.2 Å². The van der Waals surface area contributed by atoms with Gasteiger partial charge in [0.2, 0.25) is 0 Å². The van der Waals surface area contributed by atoms with Crippen LogP contribution in [-0.2, 0) is 11.2 Å². The highest BCUT2D eigenvalue weighted by molar-refractivity contribution is 5.69. The van der Waals surface area contributed by atoms with Gasteiger partial charge in [-0.1, -0.05) is 0 Å². The van der Waals surface area contributed by atoms with Crippen LogP contribution in [0.2, 0.25) is 0 Å². The molecule has 0 radical (unpaired) electrons. The molecule has 1 N–H and O–H groups in total. The van der Waals surface area contributed by atoms with Gasteiger partial charge in [0.15, 0.2) is 0 Å². The zero-order valence-corrected chi connectivity index (χ0v) is 8.69. The number of nitrogens with zero attached hydrogens (tertiary/aromatic N) is 2. The average Bonchev–Trinajstić information content (AvgIpc) is 2.46. The Morgan fingerprint density at radius 3 is 2.80 bits per heavy atom. The molecule has 0 aromatic carbocycles. The molecule has 2 aromatic rings. The molecule has 0 bridgehead atoms. The van der Waals surface area contributed by atoms with E-state index in [0.29, 0.717) is 5.69 Å². The molecular formula is C11H12N2O2. The molecule has 0 spiro atoms. The van der Waals surface area contributed by atoms with Crippen LogP contribution in [0.25, 0.3) is 5.65 Å². The number of carbonyl (C=O) groups is 1. The summed E-state index contributed by atoms with van der Waals surface area (Å²) in [6.07, 6.45) is 3.69. The fraction of sp³-hybridized carbons (Fsp3) is 0.273. The van der Waals surface area contributed by atoms with Crippen molar-refractivity contribution < 1.29 is 9.90 Å². The van der Waals surface area contributed by atoms with Gasteiger partial charge in [0.25, 0.3) is 0 Å². The summed E-state index contributed by atoms with van der Waals surface area (Å²) in [4.78, 5) is 14.8. The summed E-state index contributed by atoms with van der Waals surface area (Å²) in [5.41, 5.74) is 3.72. The number of aromatic nitrogens is 2. The van der Waals surface area contributed by atoms with Crippen molar-refractivity contribution in [1.29, 1.82) is 0 Å². The molecule has 15 heavy (non-hydrogen) atoms. The van der Waals surface area contributed by atoms with Crippen molar-refractivity contribution in [2.24, 2.45) is 0 Å². The maximum Gasteiger partial charge on any atom is 0.309 e. The number of fused-ring (bicyclic) bond motifs is 1. The van der Waals surface area contributed by atoms with E-state index in [1.165, 1.54) is 5.56 Å². The maximum atomic E-state index is 10.5. The van der Waals surface area contributed by atoms with Gasteiger partial charge < -0.3 is 9.51 Å². The number of hydrogen-bond donors (Lipinski definition) is 1. The van der Waals surface area contributed by atoms with Gasteiger partial charge in [-0.3, -0.25) is 4.79 Å². The second-order valence-corrected chi connectivity index (χ2v) is 3.71. The first-order valence-corrected chi connectivity index (χ1v) is 4.73. The molecule has 0 saturated heterocycles. The van der Waals surface area contributed by atoms with Crippen molar-refractivity contribution in [3.63, 3.8) is 0 Å². The molecule has 0 aliphatic carbocycles. The van der Waals surface area contributed by atoms with Gasteiger partial charge in [-0.25, -0.2) is 4.98 Å². The zero-order valence-electron chi connectivity index (χ0n) is 8.69. The van der Waals surface area contributed by atoms with Gasteiger partial charge in [-0.2, -0.15) is 0 Å². The fourth-order valence-electron chi connectivity index (χ4n) is 1.53. The molecular weight excluding hydrogens is 192 g/mol. The van der Waals surface area contributed by atoms with Gasteiger partial charge in [0.1, 0.15) is 5.65 Å². The molecule has 78 valence electrons. The number of carboxylic acids is 1. The van der Waals surface area contributed by atoms with E-state index in [1.54, 1.807) is 6.20 Å². The van der Waals surface area contributed by atoms with Crippen molar-refractivity contribution in [1.82, 2.24) is 9.38 Å². The smallest absolute Gasteiger partial charge is 0.309 e. The Kier molecular flexibility index (Phi) is 2.19. The predicted octanol–water partition coefficient (Wildman–Crippen LogP) is 1.58. The molecule has 2 aromatic heterocycles. The maximum absolute atomic E-state index is 10.5. The van der Waals surface area contributed by atoms with Gasteiger partial charge >= 0.3 is 5.97 Å². The fourth-order valence-corrected chi connectivity index (χ4v) is 1.53. The Morgan fingerprint density at radius 1 is 1.40 bits per heavy atom. The largest absolute Gasteiger partial charge is 0.481 e. The Hall–Kier alpha value is -1.84. The number of rotatable bonds is 2. The van der Waals surface area contributed by atoms with Crippen LogP contribution in [0.1, 0.15) is 16.8 Å². The Morgan fingerprint density at radius 2 is 2.13 bits per heavy atom. The minimum absolute atomic E-state index is 0.0280. The number of imidazole rings is 1. The second-order valence-electron chi connectivity index (χ2n) is 3.71. The summed E-state index contributed by atoms with van der Waals surface area (Å²) in [5.74, 6) is -0.855. The Labute approximate surface area is 87.2 Å². The lowest BCUT2D eigenvalue weighted by Crippen LogP contribution is -1.99. The molecule has 0 saturated carbocycles. The predicted molar refractivity (Wildman–Crippen MR) is 56.0 cm³/mol. The summed E-state index contributed by atoms with van der Waals surface area (Å²) in [5, 5.41) is 8.65. The Bertz CT molecular complexity index is 490. The molecule has 0 fully saturated rings. The van der Waals surface area contributed by atoms with E-state index >= 15 is 0 Å². The van der Waals surface area contributed by atoms with Crippen LogP contribution in [0, 0.1) is 13.8 Å². The number of aliphatic carboxylic acids is 1. The van der Waals surface area contributed by atoms with Gasteiger partial charge in [-0.05, 0) is 31.0 Å². The minimum atomic E-state index is -0.855. The first-order valence-electron chi connectivity index (χ1n) is 4.73. The highest BCUT2D eigenvalue weighted by atomic mass is 16.4. The standard InChI is InChI=1S/C11H12N2O2/c1-7-3-10-12-9(4-11(14)15)6-13(10)5-8(7)2/h3,5-6H,4H2,1-2H3,(H,14,15). The second kappa shape index (κ2) is 3.38. The van der Waals surface area contributed by atoms with Crippen LogP contribution in [-0.4, -0.2) is 20.5 Å². The van der Waals surface area contributed by atoms with E-state index < -0.39 is 5.97 Å². The van der Waals surface area contributed by atoms with Crippen molar-refractivity contribution in [3.05, 3.63) is 35.3 Å². The van der Waals surface area contributed by atoms with Crippen molar-refractivity contribution in [2.45, 2.75) is 20.3 Å². The topological polar surface area (TPSA) is 54.6 Å². The number of carboxylic acid groups (broad SMARTS) is 1. The summed E-state index contributed by atoms with van der Waals surface area (Å²) >= 11 is 0. The lowest BCUT2D eigenvalue weighted by atomic mass is 10.2. The number of hydrogen-bond acceptors (Lipinski definition) is 2. The van der Waals surface area contributed by atoms with E-state index in [4.69, 9.17) is 5.11 Å². The van der Waals surface area contributed by atoms with Crippen LogP contribution in [0.3, 0.4) is 0 Å².